The Morgan fingerprint density at radius 1 is 0.718 bits per heavy atom. The fourth-order valence-electron chi connectivity index (χ4n) is 7.97. The fourth-order valence-corrected chi connectivity index (χ4v) is 13.1. The number of aliphatic hydroxyl groups excluding tert-OH is 1. The van der Waals surface area contributed by atoms with E-state index in [0.717, 1.165) is 52.8 Å². The van der Waals surface area contributed by atoms with Crippen LogP contribution in [0, 0.1) is 25.2 Å². The fraction of sp³-hybridized carbons (Fsp3) is 0.222. The number of thioether (sulfide) groups is 1. The first kappa shape index (κ1) is 64.9. The molecule has 0 aliphatic carbocycles. The molecule has 0 bridgehead atoms. The Morgan fingerprint density at radius 2 is 1.36 bits per heavy atom. The molecule has 0 amide bonds. The standard InChI is InChI=1S/C45H40N10O19S7.O3S/c1-22-14-31(51-53-38-23(2)28(20-46)43-47-39-33(55(43)44(38)57)8-9-34(73-3)42(39)81(70,71)72)35(74-10-4-12-77(58,59)60)18-29(22)49-52-32-15-25(21-56)30(19-36(32)75-11-5-13-78(61,62)63)50-54-45-48-40-37(80(67,68)69)16-24-6-7-26(79(64,65)66)17-27(24)41(40)76-45;1-4(2)3/h6-9,14-19,56-57H,4-5,10-13,21H2,1-3H3,(H,58,59,60)(H,61,62,63)(H,64,65,66)(H,67,68,69)(H,70,71,72);. The summed E-state index contributed by atoms with van der Waals surface area (Å²) in [5, 5.41) is 58.3. The minimum atomic E-state index is -4.98. The van der Waals surface area contributed by atoms with E-state index < -0.39 is 99.9 Å². The predicted molar refractivity (Wildman–Crippen MR) is 301 cm³/mol. The molecule has 40 heteroatoms. The van der Waals surface area contributed by atoms with Gasteiger partial charge in [-0.25, -0.2) is 9.97 Å². The van der Waals surface area contributed by atoms with Crippen LogP contribution in [-0.2, 0) is 67.8 Å². The Hall–Kier alpha value is -7.63. The quantitative estimate of drug-likeness (QED) is 0.0155. The van der Waals surface area contributed by atoms with Crippen molar-refractivity contribution in [2.75, 3.05) is 31.0 Å². The van der Waals surface area contributed by atoms with E-state index >= 15 is 0 Å². The van der Waals surface area contributed by atoms with Gasteiger partial charge in [-0.15, -0.1) is 50.0 Å². The van der Waals surface area contributed by atoms with E-state index in [9.17, 15) is 80.3 Å². The Kier molecular flexibility index (Phi) is 19.5. The molecule has 32 nitrogen and oxygen atoms in total. The third-order valence-electron chi connectivity index (χ3n) is 11.7. The highest BCUT2D eigenvalue weighted by Crippen LogP contribution is 2.45. The highest BCUT2D eigenvalue weighted by molar-refractivity contribution is 7.99. The molecule has 7 N–H and O–H groups in total. The molecule has 450 valence electrons. The monoisotopic (exact) mass is 1330 g/mol. The van der Waals surface area contributed by atoms with Gasteiger partial charge in [0.05, 0.1) is 64.0 Å². The van der Waals surface area contributed by atoms with E-state index in [4.69, 9.17) is 22.1 Å². The van der Waals surface area contributed by atoms with Crippen LogP contribution in [-0.4, -0.2) is 133 Å². The number of pyridine rings is 1. The second-order valence-corrected chi connectivity index (χ2v) is 27.2. The zero-order valence-electron chi connectivity index (χ0n) is 43.2. The number of nitriles is 1. The molecule has 8 aromatic rings. The molecule has 0 spiro atoms. The van der Waals surface area contributed by atoms with Gasteiger partial charge in [0.15, 0.2) is 16.2 Å². The van der Waals surface area contributed by atoms with Gasteiger partial charge in [-0.05, 0) is 91.9 Å². The maximum atomic E-state index is 12.5. The van der Waals surface area contributed by atoms with E-state index in [1.807, 2.05) is 6.07 Å². The number of nitrogens with zero attached hydrogens (tertiary/aromatic N) is 10. The Labute approximate surface area is 490 Å². The van der Waals surface area contributed by atoms with Crippen molar-refractivity contribution in [2.24, 2.45) is 30.7 Å². The first-order valence-corrected chi connectivity index (χ1v) is 33.5. The van der Waals surface area contributed by atoms with Crippen LogP contribution < -0.4 is 9.47 Å². The van der Waals surface area contributed by atoms with Crippen molar-refractivity contribution in [3.8, 4) is 23.4 Å². The van der Waals surface area contributed by atoms with E-state index in [1.54, 1.807) is 6.92 Å². The molecule has 3 aromatic heterocycles. The van der Waals surface area contributed by atoms with Crippen molar-refractivity contribution in [3.05, 3.63) is 82.9 Å². The van der Waals surface area contributed by atoms with Crippen LogP contribution in [0.3, 0.4) is 0 Å². The van der Waals surface area contributed by atoms with E-state index in [0.29, 0.717) is 5.56 Å². The topological polar surface area (TPSA) is 510 Å². The van der Waals surface area contributed by atoms with Gasteiger partial charge in [0.25, 0.3) is 50.6 Å². The second-order valence-electron chi connectivity index (χ2n) is 17.4. The third kappa shape index (κ3) is 15.4. The summed E-state index contributed by atoms with van der Waals surface area (Å²) in [6.07, 6.45) is -0.287. The molecule has 0 radical (unpaired) electrons. The highest BCUT2D eigenvalue weighted by Gasteiger charge is 2.29. The van der Waals surface area contributed by atoms with Crippen LogP contribution in [0.15, 0.2) is 111 Å². The molecule has 0 aliphatic rings. The lowest BCUT2D eigenvalue weighted by Crippen LogP contribution is -2.08. The van der Waals surface area contributed by atoms with E-state index in [1.165, 1.54) is 49.4 Å². The number of thiazole rings is 1. The number of methoxy groups -OCH3 is 1. The zero-order valence-corrected chi connectivity index (χ0v) is 49.7. The normalized spacial score (nSPS) is 12.7. The second kappa shape index (κ2) is 25.5. The van der Waals surface area contributed by atoms with Gasteiger partial charge in [0.2, 0.25) is 11.0 Å². The minimum absolute atomic E-state index is 0.0143. The summed E-state index contributed by atoms with van der Waals surface area (Å²) in [4.78, 5) is 6.84. The van der Waals surface area contributed by atoms with E-state index in [2.05, 4.69) is 40.7 Å². The number of aromatic hydroxyl groups is 1. The number of hydrogen-bond acceptors (Lipinski definition) is 28. The predicted octanol–water partition coefficient (Wildman–Crippen LogP) is 7.95. The van der Waals surface area contributed by atoms with Gasteiger partial charge >= 0.3 is 10.6 Å². The van der Waals surface area contributed by atoms with Crippen molar-refractivity contribution in [2.45, 2.75) is 52.9 Å². The van der Waals surface area contributed by atoms with Gasteiger partial charge in [-0.2, -0.15) is 52.5 Å². The van der Waals surface area contributed by atoms with E-state index in [-0.39, 0.29) is 130 Å². The SMILES string of the molecule is COc1ccc2c(nc3c(C#N)c(C)c(N=Nc4cc(C)c(N=Nc5cc(CO)c(N=Nc6nc7c(S(=O)(=O)O)cc8ccc(S(=O)(=O)O)cc8c7s6)cc5SCCCS(=O)(=O)O)cc4OCCCS(=O)(=O)O)c(O)n32)c1S(=O)(=O)O.O=S(=O)=O. The highest BCUT2D eigenvalue weighted by atomic mass is 32.2. The number of rotatable bonds is 21. The lowest BCUT2D eigenvalue weighted by Gasteiger charge is -2.12. The summed E-state index contributed by atoms with van der Waals surface area (Å²) in [6.45, 7) is 1.94. The van der Waals surface area contributed by atoms with Gasteiger partial charge in [-0.1, -0.05) is 17.4 Å². The zero-order chi connectivity index (χ0) is 62.7. The van der Waals surface area contributed by atoms with Gasteiger partial charge in [-0.3, -0.25) is 27.2 Å². The number of aryl methyl sites for hydroxylation is 1. The van der Waals surface area contributed by atoms with Crippen molar-refractivity contribution in [1.29, 1.82) is 5.26 Å². The van der Waals surface area contributed by atoms with Crippen molar-refractivity contribution >= 4 is 156 Å². The number of aromatic nitrogens is 3. The van der Waals surface area contributed by atoms with Crippen LogP contribution in [0.25, 0.3) is 37.7 Å². The molecule has 0 saturated heterocycles. The van der Waals surface area contributed by atoms with Gasteiger partial charge in [0, 0.05) is 27.5 Å². The molecule has 0 saturated carbocycles. The number of ether oxygens (including phenoxy) is 2. The number of hydrogen-bond donors (Lipinski definition) is 7. The summed E-state index contributed by atoms with van der Waals surface area (Å²) in [5.74, 6) is -2.31. The molecule has 0 aliphatic heterocycles. The molecule has 3 heterocycles. The number of benzene rings is 5. The molecule has 5 aromatic carbocycles. The summed E-state index contributed by atoms with van der Waals surface area (Å²) in [5.41, 5.74) is -0.908. The molecular formula is C45H40N10O22S8. The lowest BCUT2D eigenvalue weighted by molar-refractivity contribution is 0.282. The number of azo groups is 3. The summed E-state index contributed by atoms with van der Waals surface area (Å²) >= 11 is 1.77. The number of fused-ring (bicyclic) bond motifs is 6. The van der Waals surface area contributed by atoms with Crippen LogP contribution in [0.1, 0.15) is 35.1 Å². The molecule has 0 fully saturated rings. The molecule has 8 rings (SSSR count). The van der Waals surface area contributed by atoms with Gasteiger partial charge < -0.3 is 19.7 Å². The van der Waals surface area contributed by atoms with Crippen LogP contribution >= 0.6 is 23.1 Å². The van der Waals surface area contributed by atoms with Crippen LogP contribution in [0.2, 0.25) is 0 Å². The van der Waals surface area contributed by atoms with Crippen molar-refractivity contribution in [3.63, 3.8) is 0 Å². The maximum Gasteiger partial charge on any atom is 0.425 e. The Bertz CT molecular complexity index is 4910. The Balaban J connectivity index is 0.00000251. The Morgan fingerprint density at radius 3 is 1.98 bits per heavy atom. The van der Waals surface area contributed by atoms with Crippen molar-refractivity contribution in [1.82, 2.24) is 14.4 Å². The smallest absolute Gasteiger partial charge is 0.425 e. The average Bonchev–Trinajstić information content (AvgIpc) is 1.70. The first-order chi connectivity index (χ1) is 39.6. The van der Waals surface area contributed by atoms with Crippen molar-refractivity contribution < 1.29 is 97.2 Å². The molecule has 0 unspecified atom stereocenters. The van der Waals surface area contributed by atoms with Crippen LogP contribution in [0.5, 0.6) is 17.4 Å². The van der Waals surface area contributed by atoms with Gasteiger partial charge in [0.1, 0.15) is 44.7 Å². The lowest BCUT2D eigenvalue weighted by atomic mass is 10.1. The molecule has 0 atom stereocenters. The summed E-state index contributed by atoms with van der Waals surface area (Å²) in [6, 6.07) is 14.3. The molecular weight excluding hydrogens is 1290 g/mol. The average molecular weight is 1330 g/mol. The minimum Gasteiger partial charge on any atom is -0.495 e. The maximum absolute atomic E-state index is 12.5. The summed E-state index contributed by atoms with van der Waals surface area (Å²) < 4.78 is 206. The molecule has 85 heavy (non-hydrogen) atoms. The first-order valence-electron chi connectivity index (χ1n) is 23.2. The third-order valence-corrected chi connectivity index (χ3v) is 18.0. The van der Waals surface area contributed by atoms with Crippen LogP contribution in [0.4, 0.5) is 33.6 Å². The number of imidazole rings is 1. The largest absolute Gasteiger partial charge is 0.495 e. The summed E-state index contributed by atoms with van der Waals surface area (Å²) in [7, 11) is -25.4. The number of aliphatic hydroxyl groups is 1.